The van der Waals surface area contributed by atoms with Gasteiger partial charge in [-0.25, -0.2) is 9.20 Å². The van der Waals surface area contributed by atoms with E-state index in [0.29, 0.717) is 22.9 Å². The maximum absolute atomic E-state index is 9.21. The lowest BCUT2D eigenvalue weighted by Gasteiger charge is -2.11. The fourth-order valence-electron chi connectivity index (χ4n) is 3.25. The molecule has 1 N–H and O–H groups in total. The minimum atomic E-state index is 0.340. The molecule has 122 valence electrons. The van der Waals surface area contributed by atoms with E-state index in [-0.39, 0.29) is 0 Å². The zero-order chi connectivity index (χ0) is 16.7. The van der Waals surface area contributed by atoms with Crippen LogP contribution in [0.15, 0.2) is 18.5 Å². The van der Waals surface area contributed by atoms with E-state index in [1.54, 1.807) is 11.6 Å². The Morgan fingerprint density at radius 3 is 3.04 bits per heavy atom. The Hall–Kier alpha value is -2.92. The van der Waals surface area contributed by atoms with Crippen molar-refractivity contribution in [2.75, 3.05) is 20.2 Å². The first-order valence-corrected chi connectivity index (χ1v) is 7.81. The molecule has 1 atom stereocenters. The summed E-state index contributed by atoms with van der Waals surface area (Å²) < 4.78 is 9.10. The molecular weight excluding hydrogens is 306 g/mol. The molecule has 0 spiro atoms. The van der Waals surface area contributed by atoms with Crippen molar-refractivity contribution in [2.24, 2.45) is 0 Å². The Morgan fingerprint density at radius 2 is 2.33 bits per heavy atom. The van der Waals surface area contributed by atoms with Crippen LogP contribution in [0, 0.1) is 18.3 Å². The van der Waals surface area contributed by atoms with Crippen molar-refractivity contribution in [3.8, 4) is 23.1 Å². The van der Waals surface area contributed by atoms with Crippen molar-refractivity contribution in [3.63, 3.8) is 0 Å². The molecule has 1 saturated heterocycles. The first-order chi connectivity index (χ1) is 11.7. The molecule has 0 saturated carbocycles. The summed E-state index contributed by atoms with van der Waals surface area (Å²) in [4.78, 5) is 0. The number of ether oxygens (including phenoxy) is 1. The van der Waals surface area contributed by atoms with E-state index in [0.717, 1.165) is 36.5 Å². The molecule has 24 heavy (non-hydrogen) atoms. The van der Waals surface area contributed by atoms with Crippen LogP contribution in [-0.2, 0) is 0 Å². The predicted octanol–water partition coefficient (Wildman–Crippen LogP) is 1.32. The second kappa shape index (κ2) is 5.62. The molecular formula is C16H17N7O. The summed E-state index contributed by atoms with van der Waals surface area (Å²) in [6.07, 6.45) is 4.44. The van der Waals surface area contributed by atoms with Gasteiger partial charge in [-0.2, -0.15) is 10.4 Å². The number of rotatable bonds is 3. The Balaban J connectivity index is 1.84. The molecule has 3 aromatic rings. The summed E-state index contributed by atoms with van der Waals surface area (Å²) in [5, 5.41) is 25.5. The highest BCUT2D eigenvalue weighted by Gasteiger charge is 2.22. The molecule has 8 heteroatoms. The van der Waals surface area contributed by atoms with Crippen LogP contribution in [0.1, 0.15) is 23.7 Å². The van der Waals surface area contributed by atoms with Gasteiger partial charge < -0.3 is 10.1 Å². The van der Waals surface area contributed by atoms with Gasteiger partial charge in [0.25, 0.3) is 0 Å². The van der Waals surface area contributed by atoms with Crippen molar-refractivity contribution in [1.82, 2.24) is 29.9 Å². The number of fused-ring (bicyclic) bond motifs is 1. The summed E-state index contributed by atoms with van der Waals surface area (Å²) in [6.45, 7) is 3.94. The average Bonchev–Trinajstić information content (AvgIpc) is 3.32. The van der Waals surface area contributed by atoms with Gasteiger partial charge in [-0.3, -0.25) is 0 Å². The van der Waals surface area contributed by atoms with Crippen LogP contribution in [-0.4, -0.2) is 44.8 Å². The molecule has 0 unspecified atom stereocenters. The van der Waals surface area contributed by atoms with E-state index < -0.39 is 0 Å². The van der Waals surface area contributed by atoms with Crippen LogP contribution >= 0.6 is 0 Å². The van der Waals surface area contributed by atoms with Crippen LogP contribution in [0.2, 0.25) is 0 Å². The van der Waals surface area contributed by atoms with E-state index in [2.05, 4.69) is 26.8 Å². The largest absolute Gasteiger partial charge is 0.494 e. The van der Waals surface area contributed by atoms with Gasteiger partial charge in [0.15, 0.2) is 0 Å². The number of nitriles is 1. The summed E-state index contributed by atoms with van der Waals surface area (Å²) in [6, 6.07) is 4.35. The fraction of sp³-hybridized carbons (Fsp3) is 0.375. The van der Waals surface area contributed by atoms with E-state index in [1.807, 2.05) is 23.9 Å². The number of hydrogen-bond acceptors (Lipinski definition) is 6. The maximum Gasteiger partial charge on any atom is 0.146 e. The molecule has 0 radical (unpaired) electrons. The second-order valence-corrected chi connectivity index (χ2v) is 5.88. The Morgan fingerprint density at radius 1 is 1.46 bits per heavy atom. The molecule has 4 rings (SSSR count). The van der Waals surface area contributed by atoms with Crippen LogP contribution in [0.3, 0.4) is 0 Å². The van der Waals surface area contributed by atoms with E-state index >= 15 is 0 Å². The highest BCUT2D eigenvalue weighted by atomic mass is 16.5. The molecule has 8 nitrogen and oxygen atoms in total. The standard InChI is InChI=1S/C16H17N7O/c1-10-15(20-21-23(10)13-3-4-18-8-13)11-5-14(24-2)16-12(6-17)7-19-22(16)9-11/h5,7,9,13,18H,3-4,8H2,1-2H3/t13-/m1/s1. The summed E-state index contributed by atoms with van der Waals surface area (Å²) in [5.41, 5.74) is 3.82. The van der Waals surface area contributed by atoms with Gasteiger partial charge in [-0.05, 0) is 26.0 Å². The highest BCUT2D eigenvalue weighted by molar-refractivity contribution is 5.74. The topological polar surface area (TPSA) is 93.1 Å². The maximum atomic E-state index is 9.21. The zero-order valence-corrected chi connectivity index (χ0v) is 13.5. The molecule has 1 aliphatic heterocycles. The third kappa shape index (κ3) is 2.13. The van der Waals surface area contributed by atoms with Gasteiger partial charge in [0.05, 0.1) is 25.0 Å². The number of nitrogens with zero attached hydrogens (tertiary/aromatic N) is 6. The summed E-state index contributed by atoms with van der Waals surface area (Å²) in [7, 11) is 1.58. The predicted molar refractivity (Wildman–Crippen MR) is 86.7 cm³/mol. The first-order valence-electron chi connectivity index (χ1n) is 7.81. The van der Waals surface area contributed by atoms with Gasteiger partial charge in [0.2, 0.25) is 0 Å². The molecule has 0 amide bonds. The van der Waals surface area contributed by atoms with Crippen LogP contribution < -0.4 is 10.1 Å². The molecule has 0 bridgehead atoms. The second-order valence-electron chi connectivity index (χ2n) is 5.88. The van der Waals surface area contributed by atoms with Crippen LogP contribution in [0.5, 0.6) is 5.75 Å². The minimum Gasteiger partial charge on any atom is -0.494 e. The van der Waals surface area contributed by atoms with Crippen molar-refractivity contribution in [1.29, 1.82) is 5.26 Å². The van der Waals surface area contributed by atoms with Gasteiger partial charge in [-0.1, -0.05) is 5.21 Å². The number of aromatic nitrogens is 5. The monoisotopic (exact) mass is 323 g/mol. The van der Waals surface area contributed by atoms with Crippen LogP contribution in [0.4, 0.5) is 0 Å². The number of methoxy groups -OCH3 is 1. The molecule has 1 aliphatic rings. The lowest BCUT2D eigenvalue weighted by molar-refractivity contribution is 0.417. The lowest BCUT2D eigenvalue weighted by Crippen LogP contribution is -2.15. The normalized spacial score (nSPS) is 17.3. The van der Waals surface area contributed by atoms with E-state index in [1.165, 1.54) is 6.20 Å². The molecule has 4 heterocycles. The Labute approximate surface area is 138 Å². The smallest absolute Gasteiger partial charge is 0.146 e. The Bertz CT molecular complexity index is 943. The van der Waals surface area contributed by atoms with Crippen molar-refractivity contribution in [2.45, 2.75) is 19.4 Å². The van der Waals surface area contributed by atoms with Gasteiger partial charge in [0, 0.05) is 18.3 Å². The van der Waals surface area contributed by atoms with Crippen molar-refractivity contribution >= 4 is 5.52 Å². The number of hydrogen-bond donors (Lipinski definition) is 1. The summed E-state index contributed by atoms with van der Waals surface area (Å²) >= 11 is 0. The zero-order valence-electron chi connectivity index (χ0n) is 13.5. The van der Waals surface area contributed by atoms with Crippen LogP contribution in [0.25, 0.3) is 16.8 Å². The van der Waals surface area contributed by atoms with Crippen molar-refractivity contribution in [3.05, 3.63) is 29.7 Å². The molecule has 1 fully saturated rings. The minimum absolute atomic E-state index is 0.340. The number of nitrogens with one attached hydrogen (secondary N) is 1. The third-order valence-electron chi connectivity index (χ3n) is 4.50. The molecule has 0 aliphatic carbocycles. The average molecular weight is 323 g/mol. The lowest BCUT2D eigenvalue weighted by atomic mass is 10.1. The molecule has 0 aromatic carbocycles. The van der Waals surface area contributed by atoms with Crippen molar-refractivity contribution < 1.29 is 4.74 Å². The van der Waals surface area contributed by atoms with E-state index in [9.17, 15) is 5.26 Å². The van der Waals surface area contributed by atoms with Gasteiger partial charge in [-0.15, -0.1) is 5.10 Å². The summed E-state index contributed by atoms with van der Waals surface area (Å²) in [5.74, 6) is 0.595. The van der Waals surface area contributed by atoms with Gasteiger partial charge >= 0.3 is 0 Å². The quantitative estimate of drug-likeness (QED) is 0.781. The fourth-order valence-corrected chi connectivity index (χ4v) is 3.25. The first kappa shape index (κ1) is 14.7. The molecule has 3 aromatic heterocycles. The van der Waals surface area contributed by atoms with Gasteiger partial charge in [0.1, 0.15) is 28.6 Å². The third-order valence-corrected chi connectivity index (χ3v) is 4.50. The highest BCUT2D eigenvalue weighted by Crippen LogP contribution is 2.31. The SMILES string of the molecule is COc1cc(-c2nnn([C@@H]3CCNC3)c2C)cn2ncc(C#N)c12. The van der Waals surface area contributed by atoms with E-state index in [4.69, 9.17) is 4.74 Å². The Kier molecular flexibility index (Phi) is 3.43. The number of pyridine rings is 1.